The molecule has 0 radical (unpaired) electrons. The summed E-state index contributed by atoms with van der Waals surface area (Å²) in [5, 5.41) is 70.1. The third kappa shape index (κ3) is 3.50. The summed E-state index contributed by atoms with van der Waals surface area (Å²) in [6.45, 7) is -0.621. The monoisotopic (exact) mass is 432 g/mol. The van der Waals surface area contributed by atoms with Gasteiger partial charge in [-0.3, -0.25) is 4.79 Å². The molecule has 5 atom stereocenters. The molecule has 10 heteroatoms. The minimum atomic E-state index is -1.79. The second-order valence-electron chi connectivity index (χ2n) is 7.30. The van der Waals surface area contributed by atoms with Gasteiger partial charge in [-0.15, -0.1) is 0 Å². The molecule has 1 fully saturated rings. The van der Waals surface area contributed by atoms with Crippen molar-refractivity contribution in [3.8, 4) is 28.6 Å². The molecular weight excluding hydrogens is 412 g/mol. The Morgan fingerprint density at radius 1 is 0.968 bits per heavy atom. The summed E-state index contributed by atoms with van der Waals surface area (Å²) in [5.41, 5.74) is -0.969. The second-order valence-corrected chi connectivity index (χ2v) is 7.30. The molecule has 10 nitrogen and oxygen atoms in total. The largest absolute Gasteiger partial charge is 0.508 e. The van der Waals surface area contributed by atoms with Gasteiger partial charge in [0.2, 0.25) is 0 Å². The van der Waals surface area contributed by atoms with Gasteiger partial charge in [0.25, 0.3) is 0 Å². The average Bonchev–Trinajstić information content (AvgIpc) is 3.02. The summed E-state index contributed by atoms with van der Waals surface area (Å²) in [6.07, 6.45) is -7.52. The number of aromatic hydroxyl groups is 3. The number of aliphatic hydroxyl groups is 4. The van der Waals surface area contributed by atoms with Crippen molar-refractivity contribution in [3.63, 3.8) is 0 Å². The fourth-order valence-corrected chi connectivity index (χ4v) is 3.73. The zero-order valence-corrected chi connectivity index (χ0v) is 15.9. The highest BCUT2D eigenvalue weighted by atomic mass is 16.6. The highest BCUT2D eigenvalue weighted by Gasteiger charge is 2.47. The number of hydrogen-bond donors (Lipinski definition) is 7. The molecule has 1 aliphatic heterocycles. The first-order chi connectivity index (χ1) is 14.7. The van der Waals surface area contributed by atoms with Gasteiger partial charge in [0.05, 0.1) is 12.2 Å². The molecule has 0 bridgehead atoms. The van der Waals surface area contributed by atoms with Crippen LogP contribution in [0.3, 0.4) is 0 Å². The first-order valence-corrected chi connectivity index (χ1v) is 9.35. The predicted octanol–water partition coefficient (Wildman–Crippen LogP) is 0.0917. The van der Waals surface area contributed by atoms with E-state index < -0.39 is 54.1 Å². The summed E-state index contributed by atoms with van der Waals surface area (Å²) in [4.78, 5) is 12.7. The highest BCUT2D eigenvalue weighted by Crippen LogP contribution is 2.42. The minimum Gasteiger partial charge on any atom is -0.508 e. The maximum absolute atomic E-state index is 12.7. The van der Waals surface area contributed by atoms with Gasteiger partial charge in [-0.1, -0.05) is 0 Å². The van der Waals surface area contributed by atoms with Crippen molar-refractivity contribution in [2.75, 3.05) is 6.61 Å². The average molecular weight is 432 g/mol. The van der Waals surface area contributed by atoms with Crippen LogP contribution in [0.1, 0.15) is 11.7 Å². The number of rotatable bonds is 4. The molecule has 1 saturated heterocycles. The topological polar surface area (TPSA) is 181 Å². The first kappa shape index (κ1) is 21.1. The lowest BCUT2D eigenvalue weighted by Crippen LogP contribution is -2.36. The van der Waals surface area contributed by atoms with Crippen LogP contribution in [0.15, 0.2) is 45.6 Å². The quantitative estimate of drug-likeness (QED) is 0.298. The Morgan fingerprint density at radius 2 is 1.65 bits per heavy atom. The lowest BCUT2D eigenvalue weighted by molar-refractivity contribution is -0.0762. The van der Waals surface area contributed by atoms with Crippen molar-refractivity contribution >= 4 is 11.0 Å². The Hall–Kier alpha value is -3.15. The second kappa shape index (κ2) is 7.84. The van der Waals surface area contributed by atoms with Crippen molar-refractivity contribution in [2.24, 2.45) is 0 Å². The standard InChI is InChI=1S/C21H20O10/c22-7-14-17(27)19(29)21(31-14)18(28)16-11(25)5-10(24)15-12(26)6-13(30-20(15)16)8-1-3-9(23)4-2-8/h1-6,14,17-19,21-25,27-29H,7H2/t14-,17-,18-,19+,21-/m1/s1. The molecule has 3 aromatic rings. The fourth-order valence-electron chi connectivity index (χ4n) is 3.73. The summed E-state index contributed by atoms with van der Waals surface area (Å²) in [6, 6.07) is 7.64. The van der Waals surface area contributed by atoms with Crippen LogP contribution in [-0.2, 0) is 4.74 Å². The van der Waals surface area contributed by atoms with Crippen molar-refractivity contribution in [1.29, 1.82) is 0 Å². The predicted molar refractivity (Wildman–Crippen MR) is 106 cm³/mol. The van der Waals surface area contributed by atoms with E-state index in [9.17, 15) is 40.5 Å². The minimum absolute atomic E-state index is 0.0114. The smallest absolute Gasteiger partial charge is 0.197 e. The van der Waals surface area contributed by atoms with Crippen LogP contribution >= 0.6 is 0 Å². The maximum atomic E-state index is 12.7. The third-order valence-corrected chi connectivity index (χ3v) is 5.34. The lowest BCUT2D eigenvalue weighted by Gasteiger charge is -2.23. The Bertz CT molecular complexity index is 1170. The molecule has 1 aliphatic rings. The van der Waals surface area contributed by atoms with E-state index in [0.29, 0.717) is 5.56 Å². The molecule has 7 N–H and O–H groups in total. The van der Waals surface area contributed by atoms with Crippen LogP contribution in [0.4, 0.5) is 0 Å². The van der Waals surface area contributed by atoms with E-state index in [1.165, 1.54) is 24.3 Å². The van der Waals surface area contributed by atoms with Crippen molar-refractivity contribution in [1.82, 2.24) is 0 Å². The van der Waals surface area contributed by atoms with Crippen molar-refractivity contribution in [2.45, 2.75) is 30.5 Å². The molecular formula is C21H20O10. The fraction of sp³-hybridized carbons (Fsp3) is 0.286. The van der Waals surface area contributed by atoms with Gasteiger partial charge in [0.15, 0.2) is 11.0 Å². The number of hydrogen-bond acceptors (Lipinski definition) is 10. The molecule has 1 aromatic heterocycles. The highest BCUT2D eigenvalue weighted by molar-refractivity contribution is 5.89. The van der Waals surface area contributed by atoms with E-state index in [4.69, 9.17) is 9.15 Å². The molecule has 2 heterocycles. The third-order valence-electron chi connectivity index (χ3n) is 5.34. The molecule has 31 heavy (non-hydrogen) atoms. The molecule has 2 aromatic carbocycles. The Balaban J connectivity index is 1.90. The van der Waals surface area contributed by atoms with E-state index in [1.54, 1.807) is 0 Å². The van der Waals surface area contributed by atoms with Gasteiger partial charge in [-0.05, 0) is 24.3 Å². The summed E-state index contributed by atoms with van der Waals surface area (Å²) < 4.78 is 11.1. The number of benzene rings is 2. The zero-order chi connectivity index (χ0) is 22.4. The first-order valence-electron chi connectivity index (χ1n) is 9.35. The van der Waals surface area contributed by atoms with E-state index in [0.717, 1.165) is 12.1 Å². The number of phenolic OH excluding ortho intramolecular Hbond substituents is 3. The van der Waals surface area contributed by atoms with Crippen molar-refractivity contribution < 1.29 is 44.9 Å². The van der Waals surface area contributed by atoms with Gasteiger partial charge in [0, 0.05) is 17.7 Å². The van der Waals surface area contributed by atoms with E-state index in [2.05, 4.69) is 0 Å². The van der Waals surface area contributed by atoms with E-state index >= 15 is 0 Å². The molecule has 4 rings (SSSR count). The number of phenols is 3. The van der Waals surface area contributed by atoms with E-state index in [1.807, 2.05) is 0 Å². The molecule has 0 unspecified atom stereocenters. The summed E-state index contributed by atoms with van der Waals surface area (Å²) in [5.74, 6) is -1.21. The Morgan fingerprint density at radius 3 is 2.26 bits per heavy atom. The molecule has 0 amide bonds. The maximum Gasteiger partial charge on any atom is 0.197 e. The molecule has 0 saturated carbocycles. The zero-order valence-electron chi connectivity index (χ0n) is 15.9. The Kier molecular flexibility index (Phi) is 5.33. The number of ether oxygens (including phenoxy) is 1. The molecule has 0 spiro atoms. The number of fused-ring (bicyclic) bond motifs is 1. The summed E-state index contributed by atoms with van der Waals surface area (Å²) >= 11 is 0. The van der Waals surface area contributed by atoms with Crippen LogP contribution in [-0.4, -0.2) is 66.8 Å². The van der Waals surface area contributed by atoms with Gasteiger partial charge in [0.1, 0.15) is 58.9 Å². The van der Waals surface area contributed by atoms with Crippen molar-refractivity contribution in [3.05, 3.63) is 52.2 Å². The van der Waals surface area contributed by atoms with Crippen LogP contribution in [0, 0.1) is 0 Å². The van der Waals surface area contributed by atoms with Gasteiger partial charge >= 0.3 is 0 Å². The van der Waals surface area contributed by atoms with Gasteiger partial charge < -0.3 is 44.9 Å². The lowest BCUT2D eigenvalue weighted by atomic mass is 9.95. The Labute approximate surface area is 174 Å². The van der Waals surface area contributed by atoms with Gasteiger partial charge in [-0.2, -0.15) is 0 Å². The van der Waals surface area contributed by atoms with Crippen LogP contribution < -0.4 is 5.43 Å². The number of aliphatic hydroxyl groups excluding tert-OH is 4. The molecule has 0 aliphatic carbocycles. The van der Waals surface area contributed by atoms with Crippen LogP contribution in [0.2, 0.25) is 0 Å². The van der Waals surface area contributed by atoms with Gasteiger partial charge in [-0.25, -0.2) is 0 Å². The SMILES string of the molecule is O=c1cc(-c2ccc(O)cc2)oc2c([C@@H](O)[C@H]3O[C@H](CO)[C@@H](O)[C@@H]3O)c(O)cc(O)c12. The summed E-state index contributed by atoms with van der Waals surface area (Å²) in [7, 11) is 0. The van der Waals surface area contributed by atoms with E-state index in [-0.39, 0.29) is 28.0 Å². The normalized spacial score (nSPS) is 24.5. The molecule has 164 valence electrons. The van der Waals surface area contributed by atoms with Crippen LogP contribution in [0.5, 0.6) is 17.2 Å². The van der Waals surface area contributed by atoms with Crippen LogP contribution in [0.25, 0.3) is 22.3 Å².